The Balaban J connectivity index is 2.18. The molecule has 1 N–H and O–H groups in total. The van der Waals surface area contributed by atoms with Crippen molar-refractivity contribution in [3.05, 3.63) is 48.2 Å². The summed E-state index contributed by atoms with van der Waals surface area (Å²) in [6.07, 6.45) is 1.39. The quantitative estimate of drug-likeness (QED) is 0.888. The molecule has 1 heterocycles. The lowest BCUT2D eigenvalue weighted by Crippen LogP contribution is -2.30. The molecule has 0 bridgehead atoms. The summed E-state index contributed by atoms with van der Waals surface area (Å²) in [6, 6.07) is 11.2. The molecule has 0 amide bonds. The topological polar surface area (TPSA) is 62.3 Å². The number of rotatable bonds is 6. The molecule has 2 rings (SSSR count). The number of nitrogens with one attached hydrogen (secondary N) is 1. The Bertz CT molecular complexity index is 706. The molecule has 0 saturated carbocycles. The maximum Gasteiger partial charge on any atom is 0.244 e. The van der Waals surface area contributed by atoms with E-state index in [0.717, 1.165) is 5.69 Å². The van der Waals surface area contributed by atoms with E-state index in [2.05, 4.69) is 10.3 Å². The molecule has 0 aliphatic rings. The maximum absolute atomic E-state index is 12.4. The van der Waals surface area contributed by atoms with Crippen molar-refractivity contribution < 1.29 is 8.42 Å². The fraction of sp³-hybridized carbons (Fsp3) is 0.312. The minimum atomic E-state index is -3.45. The third-order valence-electron chi connectivity index (χ3n) is 3.40. The molecule has 0 radical (unpaired) electrons. The van der Waals surface area contributed by atoms with E-state index in [1.54, 1.807) is 12.1 Å². The zero-order chi connectivity index (χ0) is 16.2. The number of anilines is 2. The molecule has 0 atom stereocenters. The van der Waals surface area contributed by atoms with E-state index in [4.69, 9.17) is 0 Å². The van der Waals surface area contributed by atoms with Crippen molar-refractivity contribution in [1.29, 1.82) is 0 Å². The van der Waals surface area contributed by atoms with Gasteiger partial charge in [-0.05, 0) is 31.2 Å². The van der Waals surface area contributed by atoms with Gasteiger partial charge in [-0.3, -0.25) is 0 Å². The van der Waals surface area contributed by atoms with Gasteiger partial charge >= 0.3 is 0 Å². The summed E-state index contributed by atoms with van der Waals surface area (Å²) in [5, 5.41) is 3.15. The molecule has 0 aliphatic carbocycles. The molecule has 0 aliphatic heterocycles. The maximum atomic E-state index is 12.4. The molecule has 2 aromatic rings. The molecule has 118 valence electrons. The predicted molar refractivity (Wildman–Crippen MR) is 88.8 cm³/mol. The third-order valence-corrected chi connectivity index (χ3v) is 5.44. The molecule has 0 fully saturated rings. The second-order valence-electron chi connectivity index (χ2n) is 4.96. The van der Waals surface area contributed by atoms with Crippen LogP contribution in [-0.4, -0.2) is 30.8 Å². The Hall–Kier alpha value is -1.92. The molecular formula is C16H21N3O2S. The minimum absolute atomic E-state index is 0.214. The van der Waals surface area contributed by atoms with Gasteiger partial charge in [0, 0.05) is 25.0 Å². The van der Waals surface area contributed by atoms with Gasteiger partial charge in [0.25, 0.3) is 0 Å². The van der Waals surface area contributed by atoms with Crippen molar-refractivity contribution in [1.82, 2.24) is 9.29 Å². The molecular weight excluding hydrogens is 298 g/mol. The van der Waals surface area contributed by atoms with Gasteiger partial charge in [-0.25, -0.2) is 13.4 Å². The zero-order valence-electron chi connectivity index (χ0n) is 13.1. The minimum Gasteiger partial charge on any atom is -0.340 e. The van der Waals surface area contributed by atoms with E-state index in [1.807, 2.05) is 45.0 Å². The first-order chi connectivity index (χ1) is 10.5. The van der Waals surface area contributed by atoms with Crippen molar-refractivity contribution in [3.63, 3.8) is 0 Å². The number of aryl methyl sites for hydroxylation is 1. The van der Waals surface area contributed by atoms with Gasteiger partial charge in [0.05, 0.1) is 0 Å². The standard InChI is InChI=1S/C16H21N3O2S/c1-4-19(5-2)22(20,21)15-10-11-16(17-12-15)18-14-8-6-13(3)7-9-14/h6-12H,4-5H2,1-3H3,(H,17,18). The number of nitrogens with zero attached hydrogens (tertiary/aromatic N) is 2. The molecule has 1 aromatic carbocycles. The van der Waals surface area contributed by atoms with Crippen LogP contribution in [0.2, 0.25) is 0 Å². The number of benzene rings is 1. The predicted octanol–water partition coefficient (Wildman–Crippen LogP) is 3.16. The number of aromatic nitrogens is 1. The smallest absolute Gasteiger partial charge is 0.244 e. The summed E-state index contributed by atoms with van der Waals surface area (Å²) in [4.78, 5) is 4.41. The fourth-order valence-electron chi connectivity index (χ4n) is 2.10. The van der Waals surface area contributed by atoms with Crippen molar-refractivity contribution in [3.8, 4) is 0 Å². The van der Waals surface area contributed by atoms with Crippen molar-refractivity contribution in [2.45, 2.75) is 25.7 Å². The van der Waals surface area contributed by atoms with Gasteiger partial charge in [-0.15, -0.1) is 0 Å². The summed E-state index contributed by atoms with van der Waals surface area (Å²) in [7, 11) is -3.45. The number of pyridine rings is 1. The number of sulfonamides is 1. The van der Waals surface area contributed by atoms with E-state index in [1.165, 1.54) is 16.1 Å². The summed E-state index contributed by atoms with van der Waals surface area (Å²) in [5.74, 6) is 0.613. The van der Waals surface area contributed by atoms with Gasteiger partial charge in [0.15, 0.2) is 0 Å². The van der Waals surface area contributed by atoms with Gasteiger partial charge in [-0.1, -0.05) is 31.5 Å². The summed E-state index contributed by atoms with van der Waals surface area (Å²) in [6.45, 7) is 6.56. The summed E-state index contributed by atoms with van der Waals surface area (Å²) < 4.78 is 26.1. The molecule has 6 heteroatoms. The second-order valence-corrected chi connectivity index (χ2v) is 6.90. The lowest BCUT2D eigenvalue weighted by Gasteiger charge is -2.18. The summed E-state index contributed by atoms with van der Waals surface area (Å²) >= 11 is 0. The van der Waals surface area contributed by atoms with Crippen LogP contribution in [0, 0.1) is 6.92 Å². The lowest BCUT2D eigenvalue weighted by molar-refractivity contribution is 0.445. The van der Waals surface area contributed by atoms with Crippen LogP contribution in [0.15, 0.2) is 47.5 Å². The Morgan fingerprint density at radius 1 is 1.05 bits per heavy atom. The van der Waals surface area contributed by atoms with Crippen LogP contribution in [0.25, 0.3) is 0 Å². The largest absolute Gasteiger partial charge is 0.340 e. The van der Waals surface area contributed by atoms with Crippen LogP contribution in [0.5, 0.6) is 0 Å². The highest BCUT2D eigenvalue weighted by atomic mass is 32.2. The lowest BCUT2D eigenvalue weighted by atomic mass is 10.2. The molecule has 0 spiro atoms. The van der Waals surface area contributed by atoms with Crippen LogP contribution in [0.1, 0.15) is 19.4 Å². The van der Waals surface area contributed by atoms with Crippen LogP contribution >= 0.6 is 0 Å². The van der Waals surface area contributed by atoms with Crippen LogP contribution in [-0.2, 0) is 10.0 Å². The zero-order valence-corrected chi connectivity index (χ0v) is 13.9. The highest BCUT2D eigenvalue weighted by Gasteiger charge is 2.21. The van der Waals surface area contributed by atoms with Crippen LogP contribution in [0.4, 0.5) is 11.5 Å². The first-order valence-corrected chi connectivity index (χ1v) is 8.71. The van der Waals surface area contributed by atoms with Gasteiger partial charge in [0.2, 0.25) is 10.0 Å². The Morgan fingerprint density at radius 2 is 1.68 bits per heavy atom. The molecule has 0 unspecified atom stereocenters. The second kappa shape index (κ2) is 6.89. The third kappa shape index (κ3) is 3.64. The molecule has 1 aromatic heterocycles. The Morgan fingerprint density at radius 3 is 2.18 bits per heavy atom. The van der Waals surface area contributed by atoms with E-state index in [0.29, 0.717) is 18.9 Å². The summed E-state index contributed by atoms with van der Waals surface area (Å²) in [5.41, 5.74) is 2.09. The van der Waals surface area contributed by atoms with E-state index < -0.39 is 10.0 Å². The van der Waals surface area contributed by atoms with Crippen LogP contribution < -0.4 is 5.32 Å². The SMILES string of the molecule is CCN(CC)S(=O)(=O)c1ccc(Nc2ccc(C)cc2)nc1. The van der Waals surface area contributed by atoms with Gasteiger partial charge in [-0.2, -0.15) is 4.31 Å². The first kappa shape index (κ1) is 16.5. The van der Waals surface area contributed by atoms with E-state index in [9.17, 15) is 8.42 Å². The highest BCUT2D eigenvalue weighted by Crippen LogP contribution is 2.19. The van der Waals surface area contributed by atoms with Gasteiger partial charge in [0.1, 0.15) is 10.7 Å². The highest BCUT2D eigenvalue weighted by molar-refractivity contribution is 7.89. The van der Waals surface area contributed by atoms with Crippen molar-refractivity contribution in [2.75, 3.05) is 18.4 Å². The monoisotopic (exact) mass is 319 g/mol. The average molecular weight is 319 g/mol. The molecule has 22 heavy (non-hydrogen) atoms. The van der Waals surface area contributed by atoms with Gasteiger partial charge < -0.3 is 5.32 Å². The van der Waals surface area contributed by atoms with Crippen molar-refractivity contribution >= 4 is 21.5 Å². The first-order valence-electron chi connectivity index (χ1n) is 7.27. The number of hydrogen-bond acceptors (Lipinski definition) is 4. The van der Waals surface area contributed by atoms with E-state index in [-0.39, 0.29) is 4.90 Å². The molecule has 0 saturated heterocycles. The normalized spacial score (nSPS) is 11.6. The fourth-order valence-corrected chi connectivity index (χ4v) is 3.51. The average Bonchev–Trinajstić information content (AvgIpc) is 2.51. The van der Waals surface area contributed by atoms with Crippen molar-refractivity contribution in [2.24, 2.45) is 0 Å². The van der Waals surface area contributed by atoms with Crippen LogP contribution in [0.3, 0.4) is 0 Å². The Kier molecular flexibility index (Phi) is 5.15. The Labute approximate surface area is 132 Å². The molecule has 5 nitrogen and oxygen atoms in total. The number of hydrogen-bond donors (Lipinski definition) is 1. The van der Waals surface area contributed by atoms with E-state index >= 15 is 0 Å².